The summed E-state index contributed by atoms with van der Waals surface area (Å²) in [5.41, 5.74) is 0.989. The minimum atomic E-state index is -0.992. The van der Waals surface area contributed by atoms with Crippen molar-refractivity contribution in [1.82, 2.24) is 10.3 Å². The van der Waals surface area contributed by atoms with Gasteiger partial charge in [0.15, 0.2) is 0 Å². The Morgan fingerprint density at radius 2 is 1.70 bits per heavy atom. The van der Waals surface area contributed by atoms with Crippen LogP contribution in [0.3, 0.4) is 0 Å². The van der Waals surface area contributed by atoms with Gasteiger partial charge in [0.2, 0.25) is 17.7 Å². The predicted octanol–water partition coefficient (Wildman–Crippen LogP) is 5.56. The van der Waals surface area contributed by atoms with E-state index in [4.69, 9.17) is 4.74 Å². The summed E-state index contributed by atoms with van der Waals surface area (Å²) >= 11 is 0. The molecular formula is C31H35FN4O4. The van der Waals surface area contributed by atoms with E-state index in [1.54, 1.807) is 55.8 Å². The number of hydrogen-bond acceptors (Lipinski definition) is 5. The first-order chi connectivity index (χ1) is 19.4. The SMILES string of the molecule is COc1ccc(C(C(=O)NC2CCCCC2)N(C(=O)CCCC(=O)Nc2ccccn2)c2ccc(F)cc2)cc1. The van der Waals surface area contributed by atoms with E-state index in [-0.39, 0.29) is 43.0 Å². The Balaban J connectivity index is 1.58. The molecule has 1 saturated carbocycles. The van der Waals surface area contributed by atoms with Crippen molar-refractivity contribution in [2.75, 3.05) is 17.3 Å². The lowest BCUT2D eigenvalue weighted by Crippen LogP contribution is -2.47. The molecule has 0 radical (unpaired) electrons. The summed E-state index contributed by atoms with van der Waals surface area (Å²) in [5.74, 6) is -0.310. The van der Waals surface area contributed by atoms with Gasteiger partial charge in [-0.25, -0.2) is 9.37 Å². The van der Waals surface area contributed by atoms with Crippen LogP contribution in [0.5, 0.6) is 5.75 Å². The van der Waals surface area contributed by atoms with E-state index in [2.05, 4.69) is 15.6 Å². The maximum atomic E-state index is 13.9. The molecule has 0 saturated heterocycles. The highest BCUT2D eigenvalue weighted by molar-refractivity contribution is 6.01. The number of nitrogens with zero attached hydrogens (tertiary/aromatic N) is 2. The number of carbonyl (C=O) groups excluding carboxylic acids is 3. The van der Waals surface area contributed by atoms with Crippen LogP contribution in [0.15, 0.2) is 72.9 Å². The van der Waals surface area contributed by atoms with Crippen molar-refractivity contribution in [2.24, 2.45) is 0 Å². The first kappa shape index (κ1) is 28.7. The Morgan fingerprint density at radius 1 is 0.975 bits per heavy atom. The van der Waals surface area contributed by atoms with Crippen molar-refractivity contribution in [3.63, 3.8) is 0 Å². The van der Waals surface area contributed by atoms with E-state index in [0.29, 0.717) is 22.8 Å². The molecule has 1 heterocycles. The average Bonchev–Trinajstić information content (AvgIpc) is 2.97. The lowest BCUT2D eigenvalue weighted by molar-refractivity contribution is -0.127. The highest BCUT2D eigenvalue weighted by Gasteiger charge is 2.34. The summed E-state index contributed by atoms with van der Waals surface area (Å²) in [6.45, 7) is 0. The Bertz CT molecular complexity index is 1260. The number of methoxy groups -OCH3 is 1. The summed E-state index contributed by atoms with van der Waals surface area (Å²) in [4.78, 5) is 45.6. The first-order valence-corrected chi connectivity index (χ1v) is 13.7. The molecule has 4 rings (SSSR count). The molecule has 3 aromatic rings. The molecule has 0 spiro atoms. The van der Waals surface area contributed by atoms with Gasteiger partial charge in [0.05, 0.1) is 7.11 Å². The standard InChI is InChI=1S/C31H35FN4O4/c1-40-26-19-13-22(14-20-26)30(31(39)34-24-8-3-2-4-9-24)36(25-17-15-23(32)16-18-25)29(38)12-7-11-28(37)35-27-10-5-6-21-33-27/h5-6,10,13-21,24,30H,2-4,7-9,11-12H2,1H3,(H,34,39)(H,33,35,37). The molecule has 0 aliphatic heterocycles. The number of carbonyl (C=O) groups is 3. The zero-order chi connectivity index (χ0) is 28.3. The highest BCUT2D eigenvalue weighted by atomic mass is 19.1. The van der Waals surface area contributed by atoms with Crippen molar-refractivity contribution < 1.29 is 23.5 Å². The third-order valence-electron chi connectivity index (χ3n) is 6.99. The topological polar surface area (TPSA) is 101 Å². The fraction of sp³-hybridized carbons (Fsp3) is 0.355. The number of ether oxygens (including phenoxy) is 1. The average molecular weight is 547 g/mol. The summed E-state index contributed by atoms with van der Waals surface area (Å²) in [5, 5.41) is 5.87. The lowest BCUT2D eigenvalue weighted by atomic mass is 9.94. The lowest BCUT2D eigenvalue weighted by Gasteiger charge is -2.33. The van der Waals surface area contributed by atoms with Gasteiger partial charge in [-0.15, -0.1) is 0 Å². The molecule has 210 valence electrons. The smallest absolute Gasteiger partial charge is 0.248 e. The number of nitrogens with one attached hydrogen (secondary N) is 2. The van der Waals surface area contributed by atoms with Crippen molar-refractivity contribution in [3.05, 3.63) is 84.3 Å². The molecule has 1 unspecified atom stereocenters. The van der Waals surface area contributed by atoms with Crippen LogP contribution in [0.2, 0.25) is 0 Å². The first-order valence-electron chi connectivity index (χ1n) is 13.7. The zero-order valence-corrected chi connectivity index (χ0v) is 22.6. The quantitative estimate of drug-likeness (QED) is 0.328. The number of halogens is 1. The van der Waals surface area contributed by atoms with Gasteiger partial charge in [-0.2, -0.15) is 0 Å². The van der Waals surface area contributed by atoms with Gasteiger partial charge in [-0.3, -0.25) is 19.3 Å². The molecule has 1 aliphatic rings. The number of amides is 3. The van der Waals surface area contributed by atoms with Gasteiger partial charge < -0.3 is 15.4 Å². The van der Waals surface area contributed by atoms with Gasteiger partial charge in [0.25, 0.3) is 0 Å². The Kier molecular flexibility index (Phi) is 10.2. The maximum Gasteiger partial charge on any atom is 0.248 e. The maximum absolute atomic E-state index is 13.9. The molecule has 8 nitrogen and oxygen atoms in total. The van der Waals surface area contributed by atoms with E-state index in [1.165, 1.54) is 29.2 Å². The Hall–Kier alpha value is -4.27. The van der Waals surface area contributed by atoms with E-state index >= 15 is 0 Å². The van der Waals surface area contributed by atoms with E-state index in [9.17, 15) is 18.8 Å². The number of pyridine rings is 1. The van der Waals surface area contributed by atoms with Crippen molar-refractivity contribution in [3.8, 4) is 5.75 Å². The number of hydrogen-bond donors (Lipinski definition) is 2. The summed E-state index contributed by atoms with van der Waals surface area (Å²) in [6, 6.07) is 16.8. The van der Waals surface area contributed by atoms with Gasteiger partial charge in [0.1, 0.15) is 23.4 Å². The van der Waals surface area contributed by atoms with E-state index in [1.807, 2.05) is 0 Å². The molecule has 0 bridgehead atoms. The van der Waals surface area contributed by atoms with Gasteiger partial charge in [0, 0.05) is 30.8 Å². The Morgan fingerprint density at radius 3 is 2.35 bits per heavy atom. The molecule has 1 aromatic heterocycles. The fourth-order valence-electron chi connectivity index (χ4n) is 4.93. The van der Waals surface area contributed by atoms with Crippen molar-refractivity contribution >= 4 is 29.2 Å². The van der Waals surface area contributed by atoms with E-state index < -0.39 is 11.9 Å². The fourth-order valence-corrected chi connectivity index (χ4v) is 4.93. The number of aromatic nitrogens is 1. The number of rotatable bonds is 11. The van der Waals surface area contributed by atoms with Gasteiger partial charge in [-0.1, -0.05) is 37.5 Å². The van der Waals surface area contributed by atoms with Crippen molar-refractivity contribution in [1.29, 1.82) is 0 Å². The van der Waals surface area contributed by atoms with Gasteiger partial charge >= 0.3 is 0 Å². The largest absolute Gasteiger partial charge is 0.497 e. The zero-order valence-electron chi connectivity index (χ0n) is 22.6. The van der Waals surface area contributed by atoms with Crippen LogP contribution in [0.1, 0.15) is 63.0 Å². The minimum absolute atomic E-state index is 0.0103. The second kappa shape index (κ2) is 14.2. The highest BCUT2D eigenvalue weighted by Crippen LogP contribution is 2.31. The minimum Gasteiger partial charge on any atom is -0.497 e. The molecule has 1 atom stereocenters. The molecule has 9 heteroatoms. The third kappa shape index (κ3) is 7.88. The second-order valence-corrected chi connectivity index (χ2v) is 9.88. The molecule has 2 aromatic carbocycles. The Labute approximate surface area is 233 Å². The van der Waals surface area contributed by atoms with Crippen LogP contribution < -0.4 is 20.3 Å². The summed E-state index contributed by atoms with van der Waals surface area (Å²) in [7, 11) is 1.56. The van der Waals surface area contributed by atoms with Crippen LogP contribution in [0.25, 0.3) is 0 Å². The molecule has 40 heavy (non-hydrogen) atoms. The molecular weight excluding hydrogens is 511 g/mol. The number of anilines is 2. The van der Waals surface area contributed by atoms with Crippen LogP contribution in [-0.4, -0.2) is 35.9 Å². The number of benzene rings is 2. The second-order valence-electron chi connectivity index (χ2n) is 9.88. The predicted molar refractivity (Wildman–Crippen MR) is 151 cm³/mol. The molecule has 3 amide bonds. The molecule has 1 fully saturated rings. The summed E-state index contributed by atoms with van der Waals surface area (Å²) in [6.07, 6.45) is 6.94. The molecule has 1 aliphatic carbocycles. The van der Waals surface area contributed by atoms with Crippen LogP contribution >= 0.6 is 0 Å². The van der Waals surface area contributed by atoms with Crippen LogP contribution in [-0.2, 0) is 14.4 Å². The van der Waals surface area contributed by atoms with Crippen molar-refractivity contribution in [2.45, 2.75) is 63.5 Å². The van der Waals surface area contributed by atoms with Crippen LogP contribution in [0, 0.1) is 5.82 Å². The third-order valence-corrected chi connectivity index (χ3v) is 6.99. The summed E-state index contributed by atoms with van der Waals surface area (Å²) < 4.78 is 19.1. The monoisotopic (exact) mass is 546 g/mol. The normalized spacial score (nSPS) is 14.2. The molecule has 2 N–H and O–H groups in total. The van der Waals surface area contributed by atoms with Crippen LogP contribution in [0.4, 0.5) is 15.9 Å². The van der Waals surface area contributed by atoms with E-state index in [0.717, 1.165) is 32.1 Å². The van der Waals surface area contributed by atoms with Gasteiger partial charge in [-0.05, 0) is 73.4 Å².